The molecule has 1 fully saturated rings. The van der Waals surface area contributed by atoms with E-state index in [2.05, 4.69) is 65.0 Å². The fourth-order valence-electron chi connectivity index (χ4n) is 5.66. The van der Waals surface area contributed by atoms with Crippen molar-refractivity contribution in [2.75, 3.05) is 26.2 Å². The fourth-order valence-corrected chi connectivity index (χ4v) is 6.84. The van der Waals surface area contributed by atoms with Gasteiger partial charge in [0.15, 0.2) is 0 Å². The first-order valence-electron chi connectivity index (χ1n) is 12.1. The number of halogens is 1. The molecule has 0 saturated carbocycles. The van der Waals surface area contributed by atoms with E-state index < -0.39 is 5.67 Å². The smallest absolute Gasteiger partial charge is 0.118 e. The molecular weight excluding hydrogens is 417 g/mol. The molecule has 32 heavy (non-hydrogen) atoms. The van der Waals surface area contributed by atoms with Gasteiger partial charge in [-0.3, -0.25) is 4.90 Å². The molecule has 172 valence electrons. The summed E-state index contributed by atoms with van der Waals surface area (Å²) < 4.78 is 14.9. The van der Waals surface area contributed by atoms with Crippen molar-refractivity contribution in [2.45, 2.75) is 64.7 Å². The number of hydrogen-bond donors (Lipinski definition) is 1. The summed E-state index contributed by atoms with van der Waals surface area (Å²) in [4.78, 5) is 11.4. The molecule has 2 aromatic heterocycles. The number of nitrogens with zero attached hydrogens (tertiary/aromatic N) is 2. The summed E-state index contributed by atoms with van der Waals surface area (Å²) in [5.74, 6) is 0.868. The zero-order chi connectivity index (χ0) is 22.5. The van der Waals surface area contributed by atoms with E-state index in [9.17, 15) is 4.39 Å². The summed E-state index contributed by atoms with van der Waals surface area (Å²) in [7, 11) is 0. The number of aromatic amines is 1. The number of nitrogens with one attached hydrogen (secondary N) is 1. The number of hydrogen-bond acceptors (Lipinski definition) is 3. The van der Waals surface area contributed by atoms with Gasteiger partial charge >= 0.3 is 0 Å². The quantitative estimate of drug-likeness (QED) is 0.460. The number of fused-ring (bicyclic) bond motifs is 3. The second-order valence-corrected chi connectivity index (χ2v) is 11.9. The number of rotatable bonds is 7. The van der Waals surface area contributed by atoms with Gasteiger partial charge in [-0.05, 0) is 76.3 Å². The third-order valence-electron chi connectivity index (χ3n) is 7.07. The molecule has 3 aromatic rings. The van der Waals surface area contributed by atoms with Gasteiger partial charge in [0.1, 0.15) is 5.67 Å². The molecule has 0 unspecified atom stereocenters. The van der Waals surface area contributed by atoms with Crippen molar-refractivity contribution in [3.63, 3.8) is 0 Å². The molecule has 1 aromatic carbocycles. The molecule has 2 aliphatic heterocycles. The van der Waals surface area contributed by atoms with Crippen LogP contribution in [0.1, 0.15) is 61.2 Å². The van der Waals surface area contributed by atoms with Crippen molar-refractivity contribution in [3.05, 3.63) is 57.4 Å². The molecule has 3 nitrogen and oxygen atoms in total. The summed E-state index contributed by atoms with van der Waals surface area (Å²) >= 11 is 1.92. The standard InChI is InChI=1S/C27H36FN3S/c1-18-15-30(16-18)13-7-8-20-11-12-24(32-20)26-25-22(21-9-5-6-10-23(21)29-25)14-19(2)31(26)17-27(3,4)28/h5-6,9-12,18-19,26,29H,7-8,13-17H2,1-4H3/t19-,26-/m1/s1. The van der Waals surface area contributed by atoms with Crippen LogP contribution in [0, 0.1) is 5.92 Å². The molecule has 4 heterocycles. The van der Waals surface area contributed by atoms with Crippen LogP contribution < -0.4 is 0 Å². The summed E-state index contributed by atoms with van der Waals surface area (Å²) in [5, 5.41) is 1.32. The highest BCUT2D eigenvalue weighted by atomic mass is 32.1. The van der Waals surface area contributed by atoms with E-state index in [1.165, 1.54) is 58.0 Å². The fraction of sp³-hybridized carbons (Fsp3) is 0.556. The monoisotopic (exact) mass is 453 g/mol. The van der Waals surface area contributed by atoms with Gasteiger partial charge in [-0.1, -0.05) is 25.1 Å². The average Bonchev–Trinajstić information content (AvgIpc) is 3.31. The van der Waals surface area contributed by atoms with Crippen molar-refractivity contribution in [1.29, 1.82) is 0 Å². The predicted octanol–water partition coefficient (Wildman–Crippen LogP) is 6.20. The lowest BCUT2D eigenvalue weighted by molar-refractivity contribution is 0.0679. The SMILES string of the molecule is CC1CN(CCCc2ccc([C@@H]3c4[nH]c5ccccc5c4C[C@@H](C)N3CC(C)(C)F)s2)C1. The first kappa shape index (κ1) is 22.1. The number of aromatic nitrogens is 1. The highest BCUT2D eigenvalue weighted by Gasteiger charge is 2.39. The number of benzene rings is 1. The van der Waals surface area contributed by atoms with Gasteiger partial charge in [0.05, 0.1) is 6.04 Å². The molecule has 0 bridgehead atoms. The van der Waals surface area contributed by atoms with Crippen LogP contribution in [-0.4, -0.2) is 52.7 Å². The van der Waals surface area contributed by atoms with Gasteiger partial charge in [0, 0.05) is 52.0 Å². The molecule has 1 saturated heterocycles. The number of H-pyrrole nitrogens is 1. The van der Waals surface area contributed by atoms with Crippen molar-refractivity contribution < 1.29 is 4.39 Å². The second-order valence-electron chi connectivity index (χ2n) is 10.7. The van der Waals surface area contributed by atoms with Crippen LogP contribution in [0.2, 0.25) is 0 Å². The van der Waals surface area contributed by atoms with E-state index in [1.807, 2.05) is 11.3 Å². The zero-order valence-corrected chi connectivity index (χ0v) is 20.6. The number of para-hydroxylation sites is 1. The van der Waals surface area contributed by atoms with Gasteiger partial charge in [-0.2, -0.15) is 0 Å². The predicted molar refractivity (Wildman–Crippen MR) is 133 cm³/mol. The van der Waals surface area contributed by atoms with Crippen LogP contribution in [0.5, 0.6) is 0 Å². The van der Waals surface area contributed by atoms with Gasteiger partial charge < -0.3 is 9.88 Å². The lowest BCUT2D eigenvalue weighted by Gasteiger charge is -2.42. The Bertz CT molecular complexity index is 1070. The minimum atomic E-state index is -1.23. The van der Waals surface area contributed by atoms with E-state index >= 15 is 0 Å². The molecule has 0 amide bonds. The third kappa shape index (κ3) is 4.40. The maximum absolute atomic E-state index is 14.9. The number of thiophene rings is 1. The van der Waals surface area contributed by atoms with Crippen LogP contribution in [0.3, 0.4) is 0 Å². The molecule has 0 radical (unpaired) electrons. The molecule has 2 aliphatic rings. The van der Waals surface area contributed by atoms with Crippen LogP contribution in [0.4, 0.5) is 4.39 Å². The van der Waals surface area contributed by atoms with Crippen LogP contribution in [0.15, 0.2) is 36.4 Å². The first-order valence-corrected chi connectivity index (χ1v) is 13.0. The molecule has 2 atom stereocenters. The average molecular weight is 454 g/mol. The zero-order valence-electron chi connectivity index (χ0n) is 19.8. The number of aryl methyl sites for hydroxylation is 1. The van der Waals surface area contributed by atoms with Crippen molar-refractivity contribution >= 4 is 22.2 Å². The Morgan fingerprint density at radius 1 is 1.12 bits per heavy atom. The maximum atomic E-state index is 14.9. The van der Waals surface area contributed by atoms with Crippen LogP contribution in [-0.2, 0) is 12.8 Å². The Morgan fingerprint density at radius 2 is 1.91 bits per heavy atom. The number of alkyl halides is 1. The van der Waals surface area contributed by atoms with Crippen molar-refractivity contribution in [3.8, 4) is 0 Å². The Hall–Kier alpha value is -1.69. The lowest BCUT2D eigenvalue weighted by Crippen LogP contribution is -2.47. The highest BCUT2D eigenvalue weighted by molar-refractivity contribution is 7.12. The van der Waals surface area contributed by atoms with E-state index in [-0.39, 0.29) is 6.04 Å². The van der Waals surface area contributed by atoms with E-state index in [0.29, 0.717) is 12.6 Å². The normalized spacial score (nSPS) is 22.9. The van der Waals surface area contributed by atoms with Gasteiger partial charge in [0.2, 0.25) is 0 Å². The molecule has 1 N–H and O–H groups in total. The first-order chi connectivity index (χ1) is 15.3. The Kier molecular flexibility index (Phi) is 5.93. The summed E-state index contributed by atoms with van der Waals surface area (Å²) in [6.45, 7) is 12.1. The van der Waals surface area contributed by atoms with Gasteiger partial charge in [-0.25, -0.2) is 4.39 Å². The van der Waals surface area contributed by atoms with Gasteiger partial charge in [-0.15, -0.1) is 11.3 Å². The summed E-state index contributed by atoms with van der Waals surface area (Å²) in [6.07, 6.45) is 3.30. The van der Waals surface area contributed by atoms with Crippen LogP contribution in [0.25, 0.3) is 10.9 Å². The minimum absolute atomic E-state index is 0.0890. The van der Waals surface area contributed by atoms with E-state index in [1.54, 1.807) is 13.8 Å². The molecule has 0 spiro atoms. The number of likely N-dealkylation sites (tertiary alicyclic amines) is 1. The van der Waals surface area contributed by atoms with E-state index in [4.69, 9.17) is 0 Å². The Labute approximate surface area is 195 Å². The molecule has 5 rings (SSSR count). The molecule has 0 aliphatic carbocycles. The van der Waals surface area contributed by atoms with Crippen molar-refractivity contribution in [2.24, 2.45) is 5.92 Å². The Balaban J connectivity index is 1.43. The summed E-state index contributed by atoms with van der Waals surface area (Å²) in [5.41, 5.74) is 2.63. The van der Waals surface area contributed by atoms with Crippen LogP contribution >= 0.6 is 11.3 Å². The second kappa shape index (κ2) is 8.58. The lowest BCUT2D eigenvalue weighted by atomic mass is 9.90. The summed E-state index contributed by atoms with van der Waals surface area (Å²) in [6, 6.07) is 13.6. The highest BCUT2D eigenvalue weighted by Crippen LogP contribution is 2.43. The molecular formula is C27H36FN3S. The third-order valence-corrected chi connectivity index (χ3v) is 8.26. The van der Waals surface area contributed by atoms with E-state index in [0.717, 1.165) is 18.8 Å². The minimum Gasteiger partial charge on any atom is -0.357 e. The largest absolute Gasteiger partial charge is 0.357 e. The Morgan fingerprint density at radius 3 is 2.66 bits per heavy atom. The topological polar surface area (TPSA) is 22.3 Å². The molecule has 5 heteroatoms. The van der Waals surface area contributed by atoms with Crippen molar-refractivity contribution in [1.82, 2.24) is 14.8 Å². The van der Waals surface area contributed by atoms with Gasteiger partial charge in [0.25, 0.3) is 0 Å². The maximum Gasteiger partial charge on any atom is 0.118 e.